The Morgan fingerprint density at radius 3 is 2.14 bits per heavy atom. The van der Waals surface area contributed by atoms with Crippen molar-refractivity contribution in [1.29, 1.82) is 0 Å². The van der Waals surface area contributed by atoms with Gasteiger partial charge in [0.15, 0.2) is 6.10 Å². The van der Waals surface area contributed by atoms with Gasteiger partial charge in [0.2, 0.25) is 0 Å². The highest BCUT2D eigenvalue weighted by Gasteiger charge is 2.22. The highest BCUT2D eigenvalue weighted by atomic mass is 35.5. The van der Waals surface area contributed by atoms with E-state index in [0.717, 1.165) is 11.1 Å². The lowest BCUT2D eigenvalue weighted by Gasteiger charge is -2.20. The van der Waals surface area contributed by atoms with E-state index < -0.39 is 18.0 Å². The van der Waals surface area contributed by atoms with Gasteiger partial charge >= 0.3 is 5.97 Å². The maximum absolute atomic E-state index is 12.4. The number of esters is 1. The SMILES string of the molecule is C[C@H](OC(=O)c1ccc(C(C)(C)C)cc1)C(=O)N[C@@H](C)c1ccc(Cl)cc1Cl. The molecule has 0 aliphatic carbocycles. The molecule has 0 radical (unpaired) electrons. The minimum atomic E-state index is -0.941. The maximum atomic E-state index is 12.4. The Bertz CT molecular complexity index is 857. The molecule has 0 saturated heterocycles. The second kappa shape index (κ2) is 8.97. The first-order valence-electron chi connectivity index (χ1n) is 9.06. The lowest BCUT2D eigenvalue weighted by Crippen LogP contribution is -2.37. The molecule has 2 atom stereocenters. The summed E-state index contributed by atoms with van der Waals surface area (Å²) in [6, 6.07) is 11.9. The molecule has 1 amide bonds. The first-order chi connectivity index (χ1) is 13.0. The standard InChI is InChI=1S/C22H25Cl2NO3/c1-13(18-11-10-17(23)12-19(18)24)25-20(26)14(2)28-21(27)15-6-8-16(9-7-15)22(3,4)5/h6-14H,1-5H3,(H,25,26)/t13-,14-/m0/s1. The van der Waals surface area contributed by atoms with Gasteiger partial charge in [0.05, 0.1) is 11.6 Å². The third-order valence-corrected chi connectivity index (χ3v) is 4.99. The summed E-state index contributed by atoms with van der Waals surface area (Å²) in [7, 11) is 0. The van der Waals surface area contributed by atoms with E-state index in [9.17, 15) is 9.59 Å². The van der Waals surface area contributed by atoms with Crippen LogP contribution in [0.5, 0.6) is 0 Å². The molecular weight excluding hydrogens is 397 g/mol. The molecule has 2 aromatic carbocycles. The van der Waals surface area contributed by atoms with Crippen LogP contribution < -0.4 is 5.32 Å². The number of carbonyl (C=O) groups is 2. The number of halogens is 2. The van der Waals surface area contributed by atoms with Gasteiger partial charge < -0.3 is 10.1 Å². The van der Waals surface area contributed by atoms with E-state index in [1.54, 1.807) is 37.3 Å². The van der Waals surface area contributed by atoms with Crippen molar-refractivity contribution in [2.45, 2.75) is 52.2 Å². The molecule has 0 saturated carbocycles. The van der Waals surface area contributed by atoms with Gasteiger partial charge in [0, 0.05) is 10.0 Å². The van der Waals surface area contributed by atoms with Gasteiger partial charge in [-0.15, -0.1) is 0 Å². The average molecular weight is 422 g/mol. The van der Waals surface area contributed by atoms with Gasteiger partial charge in [0.1, 0.15) is 0 Å². The molecule has 0 unspecified atom stereocenters. The molecule has 2 aromatic rings. The molecule has 0 fully saturated rings. The predicted molar refractivity (Wildman–Crippen MR) is 113 cm³/mol. The van der Waals surface area contributed by atoms with Gasteiger partial charge in [-0.25, -0.2) is 4.79 Å². The molecule has 0 bridgehead atoms. The molecule has 1 N–H and O–H groups in total. The van der Waals surface area contributed by atoms with Crippen molar-refractivity contribution in [3.63, 3.8) is 0 Å². The molecular formula is C22H25Cl2NO3. The molecule has 150 valence electrons. The number of hydrogen-bond donors (Lipinski definition) is 1. The fourth-order valence-corrected chi connectivity index (χ4v) is 3.22. The molecule has 0 aromatic heterocycles. The molecule has 6 heteroatoms. The lowest BCUT2D eigenvalue weighted by atomic mass is 9.87. The van der Waals surface area contributed by atoms with E-state index in [-0.39, 0.29) is 11.5 Å². The zero-order valence-corrected chi connectivity index (χ0v) is 18.2. The number of benzene rings is 2. The summed E-state index contributed by atoms with van der Waals surface area (Å²) in [5.41, 5.74) is 2.25. The molecule has 28 heavy (non-hydrogen) atoms. The van der Waals surface area contributed by atoms with Crippen molar-refractivity contribution in [3.8, 4) is 0 Å². The fourth-order valence-electron chi connectivity index (χ4n) is 2.65. The van der Waals surface area contributed by atoms with Crippen LogP contribution in [-0.4, -0.2) is 18.0 Å². The Balaban J connectivity index is 1.98. The van der Waals surface area contributed by atoms with Crippen molar-refractivity contribution >= 4 is 35.1 Å². The summed E-state index contributed by atoms with van der Waals surface area (Å²) >= 11 is 12.1. The summed E-state index contributed by atoms with van der Waals surface area (Å²) in [5, 5.41) is 3.78. The number of hydrogen-bond acceptors (Lipinski definition) is 3. The number of nitrogens with one attached hydrogen (secondary N) is 1. The smallest absolute Gasteiger partial charge is 0.338 e. The van der Waals surface area contributed by atoms with Crippen LogP contribution in [0.4, 0.5) is 0 Å². The molecule has 2 rings (SSSR count). The number of amides is 1. The second-order valence-electron chi connectivity index (χ2n) is 7.77. The fraction of sp³-hybridized carbons (Fsp3) is 0.364. The van der Waals surface area contributed by atoms with Crippen LogP contribution >= 0.6 is 23.2 Å². The Morgan fingerprint density at radius 2 is 1.61 bits per heavy atom. The summed E-state index contributed by atoms with van der Waals surface area (Å²) in [4.78, 5) is 24.7. The highest BCUT2D eigenvalue weighted by molar-refractivity contribution is 6.35. The first-order valence-corrected chi connectivity index (χ1v) is 9.81. The minimum Gasteiger partial charge on any atom is -0.449 e. The maximum Gasteiger partial charge on any atom is 0.338 e. The Hall–Kier alpha value is -2.04. The largest absolute Gasteiger partial charge is 0.449 e. The highest BCUT2D eigenvalue weighted by Crippen LogP contribution is 2.26. The van der Waals surface area contributed by atoms with Crippen molar-refractivity contribution in [2.75, 3.05) is 0 Å². The third-order valence-electron chi connectivity index (χ3n) is 4.43. The van der Waals surface area contributed by atoms with Gasteiger partial charge in [-0.3, -0.25) is 4.79 Å². The molecule has 0 aliphatic rings. The summed E-state index contributed by atoms with van der Waals surface area (Å²) in [5.74, 6) is -0.946. The third kappa shape index (κ3) is 5.73. The minimum absolute atomic E-state index is 0.00527. The second-order valence-corrected chi connectivity index (χ2v) is 8.61. The summed E-state index contributed by atoms with van der Waals surface area (Å²) in [6.45, 7) is 9.63. The first kappa shape index (κ1) is 22.3. The van der Waals surface area contributed by atoms with Gasteiger partial charge in [-0.05, 0) is 54.7 Å². The number of carbonyl (C=O) groups excluding carboxylic acids is 2. The zero-order valence-electron chi connectivity index (χ0n) is 16.7. The van der Waals surface area contributed by atoms with Crippen molar-refractivity contribution < 1.29 is 14.3 Å². The van der Waals surface area contributed by atoms with Gasteiger partial charge in [-0.2, -0.15) is 0 Å². The zero-order chi connectivity index (χ0) is 21.1. The van der Waals surface area contributed by atoms with E-state index in [1.165, 1.54) is 6.92 Å². The van der Waals surface area contributed by atoms with Crippen LogP contribution in [0.2, 0.25) is 10.0 Å². The molecule has 0 aliphatic heterocycles. The molecule has 0 spiro atoms. The Morgan fingerprint density at radius 1 is 1.00 bits per heavy atom. The summed E-state index contributed by atoms with van der Waals surface area (Å²) in [6.07, 6.45) is -0.941. The van der Waals surface area contributed by atoms with E-state index in [4.69, 9.17) is 27.9 Å². The van der Waals surface area contributed by atoms with Crippen LogP contribution in [0.1, 0.15) is 62.1 Å². The van der Waals surface area contributed by atoms with Crippen LogP contribution in [0, 0.1) is 0 Å². The van der Waals surface area contributed by atoms with Gasteiger partial charge in [0.25, 0.3) is 5.91 Å². The molecule has 4 nitrogen and oxygen atoms in total. The van der Waals surface area contributed by atoms with Crippen molar-refractivity contribution in [3.05, 3.63) is 69.2 Å². The molecule has 0 heterocycles. The van der Waals surface area contributed by atoms with E-state index >= 15 is 0 Å². The van der Waals surface area contributed by atoms with E-state index in [1.807, 2.05) is 12.1 Å². The van der Waals surface area contributed by atoms with Crippen LogP contribution in [0.25, 0.3) is 0 Å². The Labute approximate surface area is 176 Å². The quantitative estimate of drug-likeness (QED) is 0.628. The van der Waals surface area contributed by atoms with Gasteiger partial charge in [-0.1, -0.05) is 62.2 Å². The normalized spacial score (nSPS) is 13.5. The number of ether oxygens (including phenoxy) is 1. The predicted octanol–water partition coefficient (Wildman–Crippen LogP) is 5.71. The van der Waals surface area contributed by atoms with Crippen LogP contribution in [0.3, 0.4) is 0 Å². The monoisotopic (exact) mass is 421 g/mol. The van der Waals surface area contributed by atoms with Crippen molar-refractivity contribution in [1.82, 2.24) is 5.32 Å². The van der Waals surface area contributed by atoms with Crippen molar-refractivity contribution in [2.24, 2.45) is 0 Å². The van der Waals surface area contributed by atoms with Crippen LogP contribution in [0.15, 0.2) is 42.5 Å². The topological polar surface area (TPSA) is 55.4 Å². The summed E-state index contributed by atoms with van der Waals surface area (Å²) < 4.78 is 5.30. The lowest BCUT2D eigenvalue weighted by molar-refractivity contribution is -0.129. The average Bonchev–Trinajstić information content (AvgIpc) is 2.60. The van der Waals surface area contributed by atoms with Crippen LogP contribution in [-0.2, 0) is 14.9 Å². The number of rotatable bonds is 5. The Kier molecular flexibility index (Phi) is 7.13. The van der Waals surface area contributed by atoms with E-state index in [0.29, 0.717) is 15.6 Å². The van der Waals surface area contributed by atoms with E-state index in [2.05, 4.69) is 26.1 Å².